The lowest BCUT2D eigenvalue weighted by Gasteiger charge is -2.14. The second-order valence-corrected chi connectivity index (χ2v) is 3.99. The summed E-state index contributed by atoms with van der Waals surface area (Å²) < 4.78 is 0. The first-order valence-electron chi connectivity index (χ1n) is 5.20. The van der Waals surface area contributed by atoms with E-state index in [-0.39, 0.29) is 0 Å². The number of nitrogens with one attached hydrogen (secondary N) is 1. The van der Waals surface area contributed by atoms with Gasteiger partial charge in [-0.3, -0.25) is 4.90 Å². The van der Waals surface area contributed by atoms with E-state index in [1.54, 1.807) is 6.07 Å². The molecule has 2 rings (SSSR count). The van der Waals surface area contributed by atoms with Gasteiger partial charge in [0.15, 0.2) is 0 Å². The molecular formula is C10H16N4O2. The highest BCUT2D eigenvalue weighted by Gasteiger charge is 2.29. The van der Waals surface area contributed by atoms with Gasteiger partial charge in [0.25, 0.3) is 0 Å². The van der Waals surface area contributed by atoms with Gasteiger partial charge in [-0.1, -0.05) is 6.07 Å². The zero-order chi connectivity index (χ0) is 11.5. The molecule has 1 saturated heterocycles. The van der Waals surface area contributed by atoms with E-state index in [9.17, 15) is 10.2 Å². The number of hydrazine groups is 1. The van der Waals surface area contributed by atoms with E-state index < -0.39 is 12.2 Å². The lowest BCUT2D eigenvalue weighted by Crippen LogP contribution is -2.22. The molecule has 0 radical (unpaired) electrons. The van der Waals surface area contributed by atoms with E-state index in [0.717, 1.165) is 5.69 Å². The summed E-state index contributed by atoms with van der Waals surface area (Å²) in [6, 6.07) is 5.52. The Balaban J connectivity index is 1.99. The van der Waals surface area contributed by atoms with Crippen LogP contribution in [-0.4, -0.2) is 45.4 Å². The first kappa shape index (κ1) is 11.3. The first-order valence-corrected chi connectivity index (χ1v) is 5.20. The second-order valence-electron chi connectivity index (χ2n) is 3.99. The van der Waals surface area contributed by atoms with Crippen molar-refractivity contribution in [3.05, 3.63) is 23.9 Å². The zero-order valence-electron chi connectivity index (χ0n) is 8.87. The third kappa shape index (κ3) is 2.48. The summed E-state index contributed by atoms with van der Waals surface area (Å²) in [4.78, 5) is 6.22. The summed E-state index contributed by atoms with van der Waals surface area (Å²) in [6.07, 6.45) is -1.31. The summed E-state index contributed by atoms with van der Waals surface area (Å²) in [7, 11) is 0. The van der Waals surface area contributed by atoms with Crippen LogP contribution in [0.4, 0.5) is 5.82 Å². The predicted octanol–water partition coefficient (Wildman–Crippen LogP) is -1.10. The molecule has 2 atom stereocenters. The lowest BCUT2D eigenvalue weighted by molar-refractivity contribution is 0.0572. The first-order chi connectivity index (χ1) is 7.69. The van der Waals surface area contributed by atoms with Crippen molar-refractivity contribution in [3.63, 3.8) is 0 Å². The van der Waals surface area contributed by atoms with E-state index in [4.69, 9.17) is 5.84 Å². The Morgan fingerprint density at radius 3 is 2.69 bits per heavy atom. The molecule has 5 N–H and O–H groups in total. The van der Waals surface area contributed by atoms with Crippen LogP contribution < -0.4 is 11.3 Å². The molecule has 2 heterocycles. The lowest BCUT2D eigenvalue weighted by atomic mass is 10.3. The number of anilines is 1. The highest BCUT2D eigenvalue weighted by molar-refractivity contribution is 5.33. The summed E-state index contributed by atoms with van der Waals surface area (Å²) >= 11 is 0. The van der Waals surface area contributed by atoms with Crippen LogP contribution in [0.25, 0.3) is 0 Å². The van der Waals surface area contributed by atoms with Crippen molar-refractivity contribution in [2.75, 3.05) is 18.5 Å². The number of aromatic nitrogens is 1. The number of aliphatic hydroxyl groups is 2. The molecule has 1 fully saturated rings. The Morgan fingerprint density at radius 2 is 2.06 bits per heavy atom. The van der Waals surface area contributed by atoms with Gasteiger partial charge in [0.2, 0.25) is 0 Å². The Morgan fingerprint density at radius 1 is 1.38 bits per heavy atom. The number of nitrogens with two attached hydrogens (primary N) is 1. The molecule has 0 aliphatic carbocycles. The molecule has 1 aromatic heterocycles. The number of pyridine rings is 1. The van der Waals surface area contributed by atoms with E-state index in [1.807, 2.05) is 17.0 Å². The van der Waals surface area contributed by atoms with E-state index in [0.29, 0.717) is 25.5 Å². The predicted molar refractivity (Wildman–Crippen MR) is 59.3 cm³/mol. The molecule has 6 heteroatoms. The maximum absolute atomic E-state index is 9.40. The molecule has 2 unspecified atom stereocenters. The number of likely N-dealkylation sites (tertiary alicyclic amines) is 1. The molecule has 1 aliphatic heterocycles. The van der Waals surface area contributed by atoms with Gasteiger partial charge >= 0.3 is 0 Å². The van der Waals surface area contributed by atoms with Crippen molar-refractivity contribution in [2.24, 2.45) is 5.84 Å². The minimum Gasteiger partial charge on any atom is -0.389 e. The number of nitrogen functional groups attached to an aromatic ring is 1. The summed E-state index contributed by atoms with van der Waals surface area (Å²) in [5.74, 6) is 5.87. The van der Waals surface area contributed by atoms with Gasteiger partial charge in [0, 0.05) is 19.6 Å². The van der Waals surface area contributed by atoms with Gasteiger partial charge in [-0.15, -0.1) is 0 Å². The smallest absolute Gasteiger partial charge is 0.140 e. The SMILES string of the molecule is NNc1cccc(CN2CC(O)C(O)C2)n1. The number of hydrogen-bond acceptors (Lipinski definition) is 6. The van der Waals surface area contributed by atoms with Crippen molar-refractivity contribution >= 4 is 5.82 Å². The fourth-order valence-corrected chi connectivity index (χ4v) is 1.85. The van der Waals surface area contributed by atoms with E-state index in [1.165, 1.54) is 0 Å². The van der Waals surface area contributed by atoms with E-state index in [2.05, 4.69) is 10.4 Å². The average molecular weight is 224 g/mol. The Bertz CT molecular complexity index is 350. The molecule has 1 aromatic rings. The van der Waals surface area contributed by atoms with E-state index >= 15 is 0 Å². The minimum absolute atomic E-state index is 0.475. The molecule has 16 heavy (non-hydrogen) atoms. The number of hydrogen-bond donors (Lipinski definition) is 4. The molecular weight excluding hydrogens is 208 g/mol. The summed E-state index contributed by atoms with van der Waals surface area (Å²) in [5.41, 5.74) is 3.34. The van der Waals surface area contributed by atoms with Gasteiger partial charge < -0.3 is 15.6 Å². The van der Waals surface area contributed by atoms with Crippen LogP contribution in [0.1, 0.15) is 5.69 Å². The maximum Gasteiger partial charge on any atom is 0.140 e. The summed E-state index contributed by atoms with van der Waals surface area (Å²) in [6.45, 7) is 1.55. The van der Waals surface area contributed by atoms with Crippen LogP contribution in [-0.2, 0) is 6.54 Å². The topological polar surface area (TPSA) is 94.6 Å². The van der Waals surface area contributed by atoms with Crippen molar-refractivity contribution in [1.29, 1.82) is 0 Å². The Hall–Kier alpha value is -1.21. The standard InChI is InChI=1S/C10H16N4O2/c11-13-10-3-1-2-7(12-10)4-14-5-8(15)9(16)6-14/h1-3,8-9,15-16H,4-6,11H2,(H,12,13). The Labute approximate surface area is 93.7 Å². The average Bonchev–Trinajstić information content (AvgIpc) is 2.58. The van der Waals surface area contributed by atoms with Crippen LogP contribution in [0.5, 0.6) is 0 Å². The van der Waals surface area contributed by atoms with Crippen molar-refractivity contribution in [1.82, 2.24) is 9.88 Å². The normalized spacial score (nSPS) is 25.9. The molecule has 0 saturated carbocycles. The third-order valence-electron chi connectivity index (χ3n) is 2.67. The highest BCUT2D eigenvalue weighted by atomic mass is 16.3. The molecule has 0 spiro atoms. The largest absolute Gasteiger partial charge is 0.389 e. The van der Waals surface area contributed by atoms with Crippen LogP contribution in [0.15, 0.2) is 18.2 Å². The fourth-order valence-electron chi connectivity index (χ4n) is 1.85. The summed E-state index contributed by atoms with van der Waals surface area (Å²) in [5, 5.41) is 18.8. The molecule has 6 nitrogen and oxygen atoms in total. The van der Waals surface area contributed by atoms with Gasteiger partial charge in [-0.05, 0) is 12.1 Å². The minimum atomic E-state index is -0.657. The number of aliphatic hydroxyl groups excluding tert-OH is 2. The van der Waals surface area contributed by atoms with Gasteiger partial charge in [0.1, 0.15) is 5.82 Å². The highest BCUT2D eigenvalue weighted by Crippen LogP contribution is 2.13. The molecule has 0 aromatic carbocycles. The van der Waals surface area contributed by atoms with Crippen molar-refractivity contribution in [3.8, 4) is 0 Å². The van der Waals surface area contributed by atoms with Crippen LogP contribution >= 0.6 is 0 Å². The molecule has 0 bridgehead atoms. The second kappa shape index (κ2) is 4.75. The number of nitrogens with zero attached hydrogens (tertiary/aromatic N) is 2. The quantitative estimate of drug-likeness (QED) is 0.385. The monoisotopic (exact) mass is 224 g/mol. The van der Waals surface area contributed by atoms with Gasteiger partial charge in [-0.2, -0.15) is 0 Å². The maximum atomic E-state index is 9.40. The van der Waals surface area contributed by atoms with Gasteiger partial charge in [-0.25, -0.2) is 10.8 Å². The van der Waals surface area contributed by atoms with Gasteiger partial charge in [0.05, 0.1) is 17.9 Å². The third-order valence-corrected chi connectivity index (χ3v) is 2.67. The molecule has 0 amide bonds. The fraction of sp³-hybridized carbons (Fsp3) is 0.500. The molecule has 1 aliphatic rings. The van der Waals surface area contributed by atoms with Crippen LogP contribution in [0, 0.1) is 0 Å². The Kier molecular flexibility index (Phi) is 3.35. The molecule has 88 valence electrons. The van der Waals surface area contributed by atoms with Crippen LogP contribution in [0.3, 0.4) is 0 Å². The van der Waals surface area contributed by atoms with Crippen LogP contribution in [0.2, 0.25) is 0 Å². The van der Waals surface area contributed by atoms with Crippen molar-refractivity contribution < 1.29 is 10.2 Å². The van der Waals surface area contributed by atoms with Crippen molar-refractivity contribution in [2.45, 2.75) is 18.8 Å². The number of β-amino-alcohol motifs (C(OH)–C–C–N with tert-alkyl or cyclic N) is 2. The zero-order valence-corrected chi connectivity index (χ0v) is 8.87. The number of rotatable bonds is 3.